The Labute approximate surface area is 298 Å². The van der Waals surface area contributed by atoms with Gasteiger partial charge in [0.1, 0.15) is 16.8 Å². The highest BCUT2D eigenvalue weighted by atomic mass is 31.2. The average molecular weight is 685 g/mol. The van der Waals surface area contributed by atoms with E-state index in [4.69, 9.17) is 9.40 Å². The van der Waals surface area contributed by atoms with Gasteiger partial charge in [-0.2, -0.15) is 0 Å². The van der Waals surface area contributed by atoms with E-state index in [1.54, 1.807) is 0 Å². The van der Waals surface area contributed by atoms with Crippen molar-refractivity contribution in [3.63, 3.8) is 0 Å². The Bertz CT molecular complexity index is 3230. The number of nitrogens with zero attached hydrogens (tertiary/aromatic N) is 2. The van der Waals surface area contributed by atoms with Gasteiger partial charge in [-0.1, -0.05) is 127 Å². The van der Waals surface area contributed by atoms with Crippen LogP contribution in [-0.2, 0) is 4.57 Å². The summed E-state index contributed by atoms with van der Waals surface area (Å²) in [6, 6.07) is 60.2. The molecule has 0 saturated carbocycles. The summed E-state index contributed by atoms with van der Waals surface area (Å²) in [5.41, 5.74) is 7.76. The van der Waals surface area contributed by atoms with Gasteiger partial charge in [0.2, 0.25) is 0 Å². The molecule has 4 nitrogen and oxygen atoms in total. The molecule has 11 aromatic rings. The third kappa shape index (κ3) is 4.16. The minimum atomic E-state index is -3.21. The zero-order valence-electron chi connectivity index (χ0n) is 27.9. The second kappa shape index (κ2) is 11.0. The lowest BCUT2D eigenvalue weighted by molar-refractivity contribution is 0.592. The molecule has 0 radical (unpaired) electrons. The van der Waals surface area contributed by atoms with Crippen LogP contribution in [0, 0.1) is 0 Å². The minimum Gasteiger partial charge on any atom is -0.456 e. The normalized spacial score (nSPS) is 12.3. The van der Waals surface area contributed by atoms with Crippen molar-refractivity contribution in [1.29, 1.82) is 0 Å². The van der Waals surface area contributed by atoms with Crippen LogP contribution in [0.15, 0.2) is 180 Å². The van der Waals surface area contributed by atoms with E-state index in [0.717, 1.165) is 98.1 Å². The summed E-state index contributed by atoms with van der Waals surface area (Å²) in [7, 11) is -3.21. The van der Waals surface area contributed by atoms with Gasteiger partial charge in [-0.05, 0) is 75.8 Å². The lowest BCUT2D eigenvalue weighted by Crippen LogP contribution is -2.25. The molecule has 0 aliphatic rings. The molecule has 244 valence electrons. The van der Waals surface area contributed by atoms with Crippen molar-refractivity contribution in [2.45, 2.75) is 0 Å². The van der Waals surface area contributed by atoms with Crippen LogP contribution in [0.4, 0.5) is 0 Å². The zero-order valence-corrected chi connectivity index (χ0v) is 28.8. The molecule has 0 unspecified atom stereocenters. The summed E-state index contributed by atoms with van der Waals surface area (Å²) in [5.74, 6) is 0. The Kier molecular flexibility index (Phi) is 6.20. The number of aromatic nitrogens is 2. The van der Waals surface area contributed by atoms with Crippen LogP contribution in [0.25, 0.3) is 82.2 Å². The molecule has 11 rings (SSSR count). The van der Waals surface area contributed by atoms with E-state index in [-0.39, 0.29) is 0 Å². The molecule has 3 aromatic heterocycles. The number of pyridine rings is 1. The minimum absolute atomic E-state index is 0.801. The number of para-hydroxylation sites is 1. The van der Waals surface area contributed by atoms with Crippen LogP contribution < -0.4 is 15.9 Å². The second-order valence-corrected chi connectivity index (χ2v) is 16.2. The van der Waals surface area contributed by atoms with Gasteiger partial charge in [0.15, 0.2) is 7.14 Å². The Balaban J connectivity index is 1.22. The molecule has 0 bridgehead atoms. The standard InChI is InChI=1S/C47H29N2O2P/c50-52(33-12-3-1-4-13-33,34-14-5-2-6-15-34)35-22-26-42-40(29-35)39-24-19-30-11-7-8-16-36(30)46(39)47-48-41-25-21-31(27-43(41)49(42)47)32-20-23-38-37-17-9-10-18-44(37)51-45(38)28-32/h1-29H. The first-order valence-corrected chi connectivity index (χ1v) is 19.2. The second-order valence-electron chi connectivity index (χ2n) is 13.5. The van der Waals surface area contributed by atoms with Crippen LogP contribution >= 0.6 is 7.14 Å². The molecule has 8 aromatic carbocycles. The largest absolute Gasteiger partial charge is 0.456 e. The predicted octanol–water partition coefficient (Wildman–Crippen LogP) is 11.2. The number of hydrogen-bond donors (Lipinski definition) is 0. The summed E-state index contributed by atoms with van der Waals surface area (Å²) in [6.07, 6.45) is 0. The van der Waals surface area contributed by atoms with E-state index in [0.29, 0.717) is 0 Å². The molecule has 0 fully saturated rings. The molecule has 0 atom stereocenters. The smallest absolute Gasteiger partial charge is 0.171 e. The number of fused-ring (bicyclic) bond motifs is 13. The van der Waals surface area contributed by atoms with Gasteiger partial charge in [0.25, 0.3) is 0 Å². The fourth-order valence-corrected chi connectivity index (χ4v) is 10.8. The maximum absolute atomic E-state index is 15.6. The lowest BCUT2D eigenvalue weighted by atomic mass is 9.99. The van der Waals surface area contributed by atoms with Crippen LogP contribution in [0.3, 0.4) is 0 Å². The van der Waals surface area contributed by atoms with E-state index in [9.17, 15) is 0 Å². The number of imidazole rings is 1. The number of benzene rings is 8. The predicted molar refractivity (Wildman–Crippen MR) is 217 cm³/mol. The van der Waals surface area contributed by atoms with Crippen LogP contribution in [-0.4, -0.2) is 9.38 Å². The highest BCUT2D eigenvalue weighted by Crippen LogP contribution is 2.45. The highest BCUT2D eigenvalue weighted by Gasteiger charge is 2.30. The molecule has 0 aliphatic heterocycles. The zero-order chi connectivity index (χ0) is 34.4. The van der Waals surface area contributed by atoms with E-state index < -0.39 is 7.14 Å². The van der Waals surface area contributed by atoms with Crippen molar-refractivity contribution < 1.29 is 8.98 Å². The topological polar surface area (TPSA) is 47.5 Å². The molecule has 3 heterocycles. The third-order valence-corrected chi connectivity index (χ3v) is 13.7. The quantitative estimate of drug-likeness (QED) is 0.137. The van der Waals surface area contributed by atoms with E-state index in [1.807, 2.05) is 78.9 Å². The molecule has 0 N–H and O–H groups in total. The molecule has 0 aliphatic carbocycles. The van der Waals surface area contributed by atoms with Gasteiger partial charge in [-0.25, -0.2) is 4.98 Å². The number of rotatable bonds is 4. The Morgan fingerprint density at radius 1 is 0.462 bits per heavy atom. The van der Waals surface area contributed by atoms with Gasteiger partial charge in [0.05, 0.1) is 16.6 Å². The first kappa shape index (κ1) is 29.3. The van der Waals surface area contributed by atoms with Crippen molar-refractivity contribution in [1.82, 2.24) is 9.38 Å². The molecule has 0 saturated heterocycles. The summed E-state index contributed by atoms with van der Waals surface area (Å²) >= 11 is 0. The Hall–Kier alpha value is -6.48. The molecular formula is C47H29N2O2P. The molecule has 5 heteroatoms. The van der Waals surface area contributed by atoms with Crippen LogP contribution in [0.5, 0.6) is 0 Å². The summed E-state index contributed by atoms with van der Waals surface area (Å²) < 4.78 is 24.1. The highest BCUT2D eigenvalue weighted by molar-refractivity contribution is 7.85. The van der Waals surface area contributed by atoms with Crippen LogP contribution in [0.2, 0.25) is 0 Å². The van der Waals surface area contributed by atoms with E-state index >= 15 is 4.57 Å². The van der Waals surface area contributed by atoms with Gasteiger partial charge < -0.3 is 8.98 Å². The van der Waals surface area contributed by atoms with Crippen molar-refractivity contribution in [3.8, 4) is 11.1 Å². The van der Waals surface area contributed by atoms with Crippen molar-refractivity contribution in [3.05, 3.63) is 176 Å². The molecular weight excluding hydrogens is 656 g/mol. The fourth-order valence-electron chi connectivity index (χ4n) is 8.16. The van der Waals surface area contributed by atoms with Crippen molar-refractivity contribution in [2.75, 3.05) is 0 Å². The molecule has 52 heavy (non-hydrogen) atoms. The van der Waals surface area contributed by atoms with Gasteiger partial charge in [-0.3, -0.25) is 4.40 Å². The average Bonchev–Trinajstić information content (AvgIpc) is 3.79. The SMILES string of the molecule is O=P(c1ccccc1)(c1ccccc1)c1ccc2c(c1)c1ccc3ccccc3c1c1nc3ccc(-c4ccc5c(c4)oc4ccccc45)cc3n21. The van der Waals surface area contributed by atoms with E-state index in [1.165, 1.54) is 0 Å². The summed E-state index contributed by atoms with van der Waals surface area (Å²) in [4.78, 5) is 5.31. The lowest BCUT2D eigenvalue weighted by Gasteiger charge is -2.21. The maximum Gasteiger partial charge on any atom is 0.171 e. The summed E-state index contributed by atoms with van der Waals surface area (Å²) in [6.45, 7) is 0. The Morgan fingerprint density at radius 3 is 1.92 bits per heavy atom. The van der Waals surface area contributed by atoms with Gasteiger partial charge in [0, 0.05) is 37.5 Å². The monoisotopic (exact) mass is 684 g/mol. The van der Waals surface area contributed by atoms with Gasteiger partial charge in [-0.15, -0.1) is 0 Å². The van der Waals surface area contributed by atoms with Crippen LogP contribution in [0.1, 0.15) is 0 Å². The fraction of sp³-hybridized carbons (Fsp3) is 0. The van der Waals surface area contributed by atoms with E-state index in [2.05, 4.69) is 101 Å². The first-order chi connectivity index (χ1) is 25.6. The number of furan rings is 1. The van der Waals surface area contributed by atoms with Crippen molar-refractivity contribution >= 4 is 94.1 Å². The summed E-state index contributed by atoms with van der Waals surface area (Å²) in [5, 5.41) is 10.2. The van der Waals surface area contributed by atoms with Gasteiger partial charge >= 0.3 is 0 Å². The maximum atomic E-state index is 15.6. The number of hydrogen-bond acceptors (Lipinski definition) is 3. The molecule has 0 spiro atoms. The first-order valence-electron chi connectivity index (χ1n) is 17.5. The Morgan fingerprint density at radius 2 is 1.12 bits per heavy atom. The van der Waals surface area contributed by atoms with Crippen molar-refractivity contribution in [2.24, 2.45) is 0 Å². The molecule has 0 amide bonds. The third-order valence-electron chi connectivity index (χ3n) is 10.6.